The molecule has 0 amide bonds. The van der Waals surface area contributed by atoms with E-state index >= 15 is 0 Å². The highest BCUT2D eigenvalue weighted by atomic mass is 32.1. The summed E-state index contributed by atoms with van der Waals surface area (Å²) in [4.78, 5) is 10.8. The number of nitrogens with one attached hydrogen (secondary N) is 1. The zero-order valence-corrected chi connectivity index (χ0v) is 10.2. The van der Waals surface area contributed by atoms with Crippen molar-refractivity contribution in [3.63, 3.8) is 0 Å². The van der Waals surface area contributed by atoms with Crippen LogP contribution in [0.5, 0.6) is 5.75 Å². The normalized spacial score (nSPS) is 12.4. The fourth-order valence-corrected chi connectivity index (χ4v) is 1.61. The fourth-order valence-electron chi connectivity index (χ4n) is 1.32. The lowest BCUT2D eigenvalue weighted by molar-refractivity contribution is -0.138. The smallest absolute Gasteiger partial charge is 0.387 e. The summed E-state index contributed by atoms with van der Waals surface area (Å²) in [6, 6.07) is 5.37. The van der Waals surface area contributed by atoms with Gasteiger partial charge in [0.05, 0.1) is 0 Å². The lowest BCUT2D eigenvalue weighted by Gasteiger charge is -2.14. The number of carboxylic acid groups (broad SMARTS) is 1. The van der Waals surface area contributed by atoms with Crippen LogP contribution in [0.3, 0.4) is 0 Å². The first-order valence-corrected chi connectivity index (χ1v) is 5.77. The number of aliphatic carboxylic acids is 1. The number of rotatable bonds is 7. The third-order valence-electron chi connectivity index (χ3n) is 2.21. The van der Waals surface area contributed by atoms with Crippen molar-refractivity contribution in [3.05, 3.63) is 29.8 Å². The second-order valence-electron chi connectivity index (χ2n) is 3.44. The van der Waals surface area contributed by atoms with E-state index in [4.69, 9.17) is 5.11 Å². The topological polar surface area (TPSA) is 58.6 Å². The molecule has 0 bridgehead atoms. The molecule has 0 saturated heterocycles. The third kappa shape index (κ3) is 4.50. The molecule has 18 heavy (non-hydrogen) atoms. The molecule has 1 atom stereocenters. The molecule has 0 heterocycles. The van der Waals surface area contributed by atoms with Gasteiger partial charge in [-0.3, -0.25) is 10.1 Å². The number of halogens is 2. The lowest BCUT2D eigenvalue weighted by Crippen LogP contribution is -2.37. The molecule has 2 N–H and O–H groups in total. The van der Waals surface area contributed by atoms with Gasteiger partial charge in [-0.15, -0.1) is 0 Å². The van der Waals surface area contributed by atoms with E-state index in [1.165, 1.54) is 6.07 Å². The predicted octanol–water partition coefficient (Wildman–Crippen LogP) is 1.76. The van der Waals surface area contributed by atoms with Crippen molar-refractivity contribution >= 4 is 18.6 Å². The van der Waals surface area contributed by atoms with Gasteiger partial charge in [-0.2, -0.15) is 21.4 Å². The Kier molecular flexibility index (Phi) is 5.87. The van der Waals surface area contributed by atoms with Gasteiger partial charge >= 0.3 is 12.6 Å². The summed E-state index contributed by atoms with van der Waals surface area (Å²) in [6.07, 6.45) is 0. The first-order chi connectivity index (χ1) is 8.54. The van der Waals surface area contributed by atoms with E-state index in [1.54, 1.807) is 18.2 Å². The summed E-state index contributed by atoms with van der Waals surface area (Å²) in [5.74, 6) is -0.909. The quantitative estimate of drug-likeness (QED) is 0.665. The molecule has 1 aromatic carbocycles. The number of ether oxygens (including phenoxy) is 1. The molecule has 0 aliphatic carbocycles. The van der Waals surface area contributed by atoms with Gasteiger partial charge in [0, 0.05) is 17.9 Å². The number of hydrogen-bond donors (Lipinski definition) is 3. The maximum Gasteiger partial charge on any atom is 0.387 e. The molecule has 100 valence electrons. The predicted molar refractivity (Wildman–Crippen MR) is 65.2 cm³/mol. The number of para-hydroxylation sites is 1. The molecule has 0 aliphatic heterocycles. The standard InChI is InChI=1S/C11H13F2NO3S/c12-11(13)17-9-4-2-1-3-7(9)5-14-8(6-18)10(15)16/h1-4,8,11,14,18H,5-6H2,(H,15,16)/t8-/m0/s1. The highest BCUT2D eigenvalue weighted by Crippen LogP contribution is 2.20. The number of carboxylic acids is 1. The number of hydrogen-bond acceptors (Lipinski definition) is 4. The molecule has 0 fully saturated rings. The molecule has 0 aromatic heterocycles. The zero-order chi connectivity index (χ0) is 13.5. The largest absolute Gasteiger partial charge is 0.480 e. The first kappa shape index (κ1) is 14.7. The summed E-state index contributed by atoms with van der Waals surface area (Å²) in [6.45, 7) is -2.80. The Bertz CT molecular complexity index is 404. The number of benzene rings is 1. The molecule has 0 radical (unpaired) electrons. The molecule has 0 spiro atoms. The summed E-state index contributed by atoms with van der Waals surface area (Å²) < 4.78 is 28.6. The zero-order valence-electron chi connectivity index (χ0n) is 9.35. The van der Waals surface area contributed by atoms with Crippen LogP contribution in [0.2, 0.25) is 0 Å². The average Bonchev–Trinajstić information content (AvgIpc) is 2.30. The van der Waals surface area contributed by atoms with Gasteiger partial charge < -0.3 is 9.84 Å². The highest BCUT2D eigenvalue weighted by molar-refractivity contribution is 7.80. The van der Waals surface area contributed by atoms with Crippen molar-refractivity contribution in [2.75, 3.05) is 5.75 Å². The van der Waals surface area contributed by atoms with Gasteiger partial charge in [0.1, 0.15) is 11.8 Å². The van der Waals surface area contributed by atoms with Crippen LogP contribution in [0.15, 0.2) is 24.3 Å². The van der Waals surface area contributed by atoms with E-state index in [-0.39, 0.29) is 18.0 Å². The Labute approximate surface area is 108 Å². The van der Waals surface area contributed by atoms with Crippen molar-refractivity contribution in [1.82, 2.24) is 5.32 Å². The van der Waals surface area contributed by atoms with Crippen molar-refractivity contribution in [1.29, 1.82) is 0 Å². The van der Waals surface area contributed by atoms with Crippen molar-refractivity contribution in [2.45, 2.75) is 19.2 Å². The van der Waals surface area contributed by atoms with Gasteiger partial charge in [-0.05, 0) is 6.07 Å². The minimum Gasteiger partial charge on any atom is -0.480 e. The molecule has 1 rings (SSSR count). The Morgan fingerprint density at radius 1 is 1.44 bits per heavy atom. The van der Waals surface area contributed by atoms with Crippen LogP contribution < -0.4 is 10.1 Å². The van der Waals surface area contributed by atoms with E-state index in [2.05, 4.69) is 22.7 Å². The van der Waals surface area contributed by atoms with Crippen molar-refractivity contribution in [3.8, 4) is 5.75 Å². The van der Waals surface area contributed by atoms with Crippen molar-refractivity contribution in [2.24, 2.45) is 0 Å². The Morgan fingerprint density at radius 3 is 2.67 bits per heavy atom. The second-order valence-corrected chi connectivity index (χ2v) is 3.81. The van der Waals surface area contributed by atoms with Crippen LogP contribution in [0.1, 0.15) is 5.56 Å². The SMILES string of the molecule is O=C(O)[C@H](CS)NCc1ccccc1OC(F)F. The highest BCUT2D eigenvalue weighted by Gasteiger charge is 2.16. The average molecular weight is 277 g/mol. The van der Waals surface area contributed by atoms with Gasteiger partial charge in [0.2, 0.25) is 0 Å². The maximum atomic E-state index is 12.1. The molecule has 0 aliphatic rings. The van der Waals surface area contributed by atoms with Crippen LogP contribution in [0, 0.1) is 0 Å². The van der Waals surface area contributed by atoms with E-state index in [0.717, 1.165) is 0 Å². The molecule has 1 aromatic rings. The molecule has 7 heteroatoms. The van der Waals surface area contributed by atoms with Gasteiger partial charge in [0.15, 0.2) is 0 Å². The van der Waals surface area contributed by atoms with E-state index in [0.29, 0.717) is 5.56 Å². The Hall–Kier alpha value is -1.34. The van der Waals surface area contributed by atoms with Crippen molar-refractivity contribution < 1.29 is 23.4 Å². The molecule has 4 nitrogen and oxygen atoms in total. The summed E-state index contributed by atoms with van der Waals surface area (Å²) in [5, 5.41) is 11.5. The number of carbonyl (C=O) groups is 1. The minimum absolute atomic E-state index is 0.0308. The minimum atomic E-state index is -2.91. The second kappa shape index (κ2) is 7.17. The molecule has 0 unspecified atom stereocenters. The molecule has 0 saturated carbocycles. The lowest BCUT2D eigenvalue weighted by atomic mass is 10.2. The fraction of sp³-hybridized carbons (Fsp3) is 0.364. The molecular formula is C11H13F2NO3S. The maximum absolute atomic E-state index is 12.1. The van der Waals surface area contributed by atoms with Crippen LogP contribution >= 0.6 is 12.6 Å². The summed E-state index contributed by atoms with van der Waals surface area (Å²) in [7, 11) is 0. The van der Waals surface area contributed by atoms with Crippen LogP contribution in [0.25, 0.3) is 0 Å². The summed E-state index contributed by atoms with van der Waals surface area (Å²) >= 11 is 3.89. The number of thiol groups is 1. The number of alkyl halides is 2. The van der Waals surface area contributed by atoms with E-state index < -0.39 is 18.6 Å². The van der Waals surface area contributed by atoms with E-state index in [9.17, 15) is 13.6 Å². The molecular weight excluding hydrogens is 264 g/mol. The van der Waals surface area contributed by atoms with Gasteiger partial charge in [-0.1, -0.05) is 18.2 Å². The van der Waals surface area contributed by atoms with Crippen LogP contribution in [0.4, 0.5) is 8.78 Å². The third-order valence-corrected chi connectivity index (χ3v) is 2.57. The summed E-state index contributed by atoms with van der Waals surface area (Å²) in [5.41, 5.74) is 0.464. The van der Waals surface area contributed by atoms with Gasteiger partial charge in [0.25, 0.3) is 0 Å². The monoisotopic (exact) mass is 277 g/mol. The van der Waals surface area contributed by atoms with Crippen LogP contribution in [-0.4, -0.2) is 29.5 Å². The van der Waals surface area contributed by atoms with E-state index in [1.807, 2.05) is 0 Å². The Balaban J connectivity index is 2.69. The Morgan fingerprint density at radius 2 is 2.11 bits per heavy atom. The van der Waals surface area contributed by atoms with Crippen LogP contribution in [-0.2, 0) is 11.3 Å². The first-order valence-electron chi connectivity index (χ1n) is 5.14. The van der Waals surface area contributed by atoms with Gasteiger partial charge in [-0.25, -0.2) is 0 Å².